The number of hydrogen-bond acceptors (Lipinski definition) is 3. The standard InChI is InChI=1S/C11H13ClO4/c1-6-8(12)5-7(3-4-9(13)14)10(15)11(6)16-2/h5,15H,3-4H2,1-2H3,(H,13,14). The molecular weight excluding hydrogens is 232 g/mol. The summed E-state index contributed by atoms with van der Waals surface area (Å²) in [6, 6.07) is 1.57. The van der Waals surface area contributed by atoms with Gasteiger partial charge in [-0.15, -0.1) is 0 Å². The van der Waals surface area contributed by atoms with E-state index in [1.165, 1.54) is 7.11 Å². The number of carboxylic acids is 1. The predicted molar refractivity (Wildman–Crippen MR) is 60.4 cm³/mol. The van der Waals surface area contributed by atoms with Crippen LogP contribution in [0.1, 0.15) is 17.5 Å². The highest BCUT2D eigenvalue weighted by Gasteiger charge is 2.15. The molecule has 0 aliphatic rings. The Labute approximate surface area is 98.4 Å². The van der Waals surface area contributed by atoms with E-state index in [0.29, 0.717) is 21.9 Å². The second kappa shape index (κ2) is 5.07. The van der Waals surface area contributed by atoms with Gasteiger partial charge in [0.25, 0.3) is 0 Å². The molecule has 88 valence electrons. The largest absolute Gasteiger partial charge is 0.504 e. The zero-order chi connectivity index (χ0) is 12.3. The maximum absolute atomic E-state index is 10.4. The molecule has 0 bridgehead atoms. The van der Waals surface area contributed by atoms with E-state index in [0.717, 1.165) is 0 Å². The molecular formula is C11H13ClO4. The SMILES string of the molecule is COc1c(C)c(Cl)cc(CCC(=O)O)c1O. The van der Waals surface area contributed by atoms with Crippen molar-refractivity contribution in [3.8, 4) is 11.5 Å². The van der Waals surface area contributed by atoms with Crippen LogP contribution in [0.3, 0.4) is 0 Å². The monoisotopic (exact) mass is 244 g/mol. The summed E-state index contributed by atoms with van der Waals surface area (Å²) in [5, 5.41) is 18.9. The third-order valence-corrected chi connectivity index (χ3v) is 2.72. The fourth-order valence-corrected chi connectivity index (χ4v) is 1.66. The molecule has 0 unspecified atom stereocenters. The number of carbonyl (C=O) groups is 1. The van der Waals surface area contributed by atoms with Gasteiger partial charge in [-0.3, -0.25) is 4.79 Å². The number of benzene rings is 1. The van der Waals surface area contributed by atoms with Gasteiger partial charge >= 0.3 is 5.97 Å². The Balaban J connectivity index is 3.10. The van der Waals surface area contributed by atoms with Gasteiger partial charge in [-0.2, -0.15) is 0 Å². The summed E-state index contributed by atoms with van der Waals surface area (Å²) in [6.07, 6.45) is 0.160. The summed E-state index contributed by atoms with van der Waals surface area (Å²) in [4.78, 5) is 10.4. The van der Waals surface area contributed by atoms with Crippen molar-refractivity contribution < 1.29 is 19.7 Å². The Bertz CT molecular complexity index is 415. The summed E-state index contributed by atoms with van der Waals surface area (Å²) in [5.74, 6) is -0.659. The lowest BCUT2D eigenvalue weighted by Gasteiger charge is -2.12. The molecule has 0 aliphatic carbocycles. The Morgan fingerprint density at radius 1 is 1.56 bits per heavy atom. The fourth-order valence-electron chi connectivity index (χ4n) is 1.44. The van der Waals surface area contributed by atoms with E-state index >= 15 is 0 Å². The van der Waals surface area contributed by atoms with Gasteiger partial charge in [-0.05, 0) is 25.0 Å². The van der Waals surface area contributed by atoms with Crippen molar-refractivity contribution in [3.05, 3.63) is 22.2 Å². The molecule has 4 nitrogen and oxygen atoms in total. The topological polar surface area (TPSA) is 66.8 Å². The second-order valence-electron chi connectivity index (χ2n) is 3.42. The van der Waals surface area contributed by atoms with Crippen molar-refractivity contribution in [2.24, 2.45) is 0 Å². The number of hydrogen-bond donors (Lipinski definition) is 2. The molecule has 0 spiro atoms. The van der Waals surface area contributed by atoms with E-state index in [9.17, 15) is 9.90 Å². The molecule has 0 fully saturated rings. The van der Waals surface area contributed by atoms with E-state index in [4.69, 9.17) is 21.4 Å². The van der Waals surface area contributed by atoms with Gasteiger partial charge < -0.3 is 14.9 Å². The summed E-state index contributed by atoms with van der Waals surface area (Å²) in [6.45, 7) is 1.72. The van der Waals surface area contributed by atoms with Crippen LogP contribution < -0.4 is 4.74 Å². The number of rotatable bonds is 4. The Morgan fingerprint density at radius 2 is 2.19 bits per heavy atom. The van der Waals surface area contributed by atoms with Crippen LogP contribution in [0.4, 0.5) is 0 Å². The van der Waals surface area contributed by atoms with Crippen LogP contribution in [-0.2, 0) is 11.2 Å². The summed E-state index contributed by atoms with van der Waals surface area (Å²) in [5.41, 5.74) is 1.12. The van der Waals surface area contributed by atoms with Crippen LogP contribution in [0.25, 0.3) is 0 Å². The fraction of sp³-hybridized carbons (Fsp3) is 0.364. The molecule has 0 atom stereocenters. The van der Waals surface area contributed by atoms with Gasteiger partial charge in [0, 0.05) is 17.0 Å². The van der Waals surface area contributed by atoms with Crippen molar-refractivity contribution >= 4 is 17.6 Å². The number of halogens is 1. The lowest BCUT2D eigenvalue weighted by molar-refractivity contribution is -0.136. The molecule has 2 N–H and O–H groups in total. The number of phenols is 1. The molecule has 0 saturated heterocycles. The third-order valence-electron chi connectivity index (χ3n) is 2.33. The van der Waals surface area contributed by atoms with Crippen LogP contribution in [0.5, 0.6) is 11.5 Å². The van der Waals surface area contributed by atoms with Crippen molar-refractivity contribution in [1.82, 2.24) is 0 Å². The molecule has 0 saturated carbocycles. The quantitative estimate of drug-likeness (QED) is 0.853. The first-order valence-corrected chi connectivity index (χ1v) is 5.12. The van der Waals surface area contributed by atoms with Crippen LogP contribution >= 0.6 is 11.6 Å². The van der Waals surface area contributed by atoms with Gasteiger partial charge in [0.1, 0.15) is 0 Å². The summed E-state index contributed by atoms with van der Waals surface area (Å²) in [7, 11) is 1.43. The van der Waals surface area contributed by atoms with E-state index < -0.39 is 5.97 Å². The first-order chi connectivity index (χ1) is 7.47. The van der Waals surface area contributed by atoms with Gasteiger partial charge in [0.05, 0.1) is 7.11 Å². The molecule has 0 aromatic heterocycles. The van der Waals surface area contributed by atoms with Crippen molar-refractivity contribution in [1.29, 1.82) is 0 Å². The lowest BCUT2D eigenvalue weighted by atomic mass is 10.0. The van der Waals surface area contributed by atoms with Crippen LogP contribution in [0.2, 0.25) is 5.02 Å². The Kier molecular flexibility index (Phi) is 4.01. The first kappa shape index (κ1) is 12.6. The van der Waals surface area contributed by atoms with E-state index in [-0.39, 0.29) is 18.6 Å². The zero-order valence-corrected chi connectivity index (χ0v) is 9.84. The van der Waals surface area contributed by atoms with Crippen LogP contribution in [0, 0.1) is 6.92 Å². The lowest BCUT2D eigenvalue weighted by Crippen LogP contribution is -1.99. The van der Waals surface area contributed by atoms with E-state index in [2.05, 4.69) is 0 Å². The number of aromatic hydroxyl groups is 1. The maximum Gasteiger partial charge on any atom is 0.303 e. The van der Waals surface area contributed by atoms with Gasteiger partial charge in [0.15, 0.2) is 11.5 Å². The number of aliphatic carboxylic acids is 1. The predicted octanol–water partition coefficient (Wildman–Crippen LogP) is 2.38. The number of ether oxygens (including phenoxy) is 1. The highest BCUT2D eigenvalue weighted by molar-refractivity contribution is 6.31. The van der Waals surface area contributed by atoms with Crippen LogP contribution in [-0.4, -0.2) is 23.3 Å². The van der Waals surface area contributed by atoms with Gasteiger partial charge in [-0.25, -0.2) is 0 Å². The van der Waals surface area contributed by atoms with Crippen molar-refractivity contribution in [3.63, 3.8) is 0 Å². The first-order valence-electron chi connectivity index (χ1n) is 4.74. The minimum absolute atomic E-state index is 0.0364. The molecule has 5 heteroatoms. The highest BCUT2D eigenvalue weighted by Crippen LogP contribution is 2.38. The number of methoxy groups -OCH3 is 1. The van der Waals surface area contributed by atoms with Gasteiger partial charge in [0.2, 0.25) is 0 Å². The zero-order valence-electron chi connectivity index (χ0n) is 9.08. The summed E-state index contributed by atoms with van der Waals surface area (Å²) < 4.78 is 5.02. The van der Waals surface area contributed by atoms with Crippen molar-refractivity contribution in [2.45, 2.75) is 19.8 Å². The van der Waals surface area contributed by atoms with Crippen molar-refractivity contribution in [2.75, 3.05) is 7.11 Å². The number of phenolic OH excluding ortho intramolecular Hbond substituents is 1. The Hall–Kier alpha value is -1.42. The average molecular weight is 245 g/mol. The minimum atomic E-state index is -0.921. The molecule has 0 aliphatic heterocycles. The van der Waals surface area contributed by atoms with Gasteiger partial charge in [-0.1, -0.05) is 11.6 Å². The smallest absolute Gasteiger partial charge is 0.303 e. The van der Waals surface area contributed by atoms with Crippen LogP contribution in [0.15, 0.2) is 6.07 Å². The molecule has 0 radical (unpaired) electrons. The average Bonchev–Trinajstić information content (AvgIpc) is 2.22. The second-order valence-corrected chi connectivity index (χ2v) is 3.83. The highest BCUT2D eigenvalue weighted by atomic mass is 35.5. The van der Waals surface area contributed by atoms with E-state index in [1.807, 2.05) is 0 Å². The summed E-state index contributed by atoms with van der Waals surface area (Å²) >= 11 is 5.95. The molecule has 0 amide bonds. The molecule has 0 heterocycles. The number of aryl methyl sites for hydroxylation is 1. The number of carboxylic acid groups (broad SMARTS) is 1. The molecule has 1 aromatic carbocycles. The molecule has 1 rings (SSSR count). The Morgan fingerprint density at radius 3 is 2.69 bits per heavy atom. The maximum atomic E-state index is 10.4. The molecule has 16 heavy (non-hydrogen) atoms. The third kappa shape index (κ3) is 2.58. The normalized spacial score (nSPS) is 10.2. The minimum Gasteiger partial charge on any atom is -0.504 e. The molecule has 1 aromatic rings. The van der Waals surface area contributed by atoms with E-state index in [1.54, 1.807) is 13.0 Å².